The number of anilines is 3. The molecule has 1 aromatic heterocycles. The van der Waals surface area contributed by atoms with E-state index >= 15 is 0 Å². The zero-order valence-electron chi connectivity index (χ0n) is 20.3. The number of rotatable bonds is 9. The molecule has 3 aromatic rings. The average Bonchev–Trinajstić information content (AvgIpc) is 3.30. The third kappa shape index (κ3) is 5.97. The van der Waals surface area contributed by atoms with Crippen LogP contribution >= 0.6 is 0 Å². The fourth-order valence-corrected chi connectivity index (χ4v) is 4.48. The van der Waals surface area contributed by atoms with E-state index in [4.69, 9.17) is 5.11 Å². The molecule has 0 radical (unpaired) electrons. The zero-order valence-corrected chi connectivity index (χ0v) is 20.3. The van der Waals surface area contributed by atoms with Crippen LogP contribution in [0.4, 0.5) is 26.1 Å². The smallest absolute Gasteiger partial charge is 0.303 e. The van der Waals surface area contributed by atoms with Crippen LogP contribution in [0.1, 0.15) is 25.3 Å². The number of hydrogen-bond acceptors (Lipinski definition) is 7. The molecule has 0 aliphatic carbocycles. The summed E-state index contributed by atoms with van der Waals surface area (Å²) in [6.45, 7) is 6.65. The molecule has 4 rings (SSSR count). The van der Waals surface area contributed by atoms with E-state index in [9.17, 15) is 18.7 Å². The molecule has 36 heavy (non-hydrogen) atoms. The number of carbonyl (C=O) groups is 1. The Morgan fingerprint density at radius 2 is 1.75 bits per heavy atom. The van der Waals surface area contributed by atoms with Gasteiger partial charge in [-0.1, -0.05) is 0 Å². The number of nitrogens with one attached hydrogen (secondary N) is 1. The number of carboxylic acids is 1. The number of aliphatic hydroxyl groups is 1. The highest BCUT2D eigenvalue weighted by Crippen LogP contribution is 2.28. The highest BCUT2D eigenvalue weighted by Gasteiger charge is 2.34. The van der Waals surface area contributed by atoms with Gasteiger partial charge in [0.25, 0.3) is 0 Å². The molecule has 2 heterocycles. The van der Waals surface area contributed by atoms with Crippen LogP contribution in [0.15, 0.2) is 42.7 Å². The number of hydrogen-bond donors (Lipinski definition) is 3. The van der Waals surface area contributed by atoms with Crippen LogP contribution in [-0.4, -0.2) is 74.2 Å². The fraction of sp³-hybridized carbons (Fsp3) is 0.400. The van der Waals surface area contributed by atoms with Gasteiger partial charge in [-0.15, -0.1) is 5.10 Å². The van der Waals surface area contributed by atoms with E-state index in [1.54, 1.807) is 0 Å². The van der Waals surface area contributed by atoms with Crippen LogP contribution in [0.2, 0.25) is 0 Å². The second-order valence-electron chi connectivity index (χ2n) is 9.35. The number of nitrogens with zero attached hydrogens (tertiary/aromatic N) is 5. The van der Waals surface area contributed by atoms with E-state index in [-0.39, 0.29) is 24.7 Å². The summed E-state index contributed by atoms with van der Waals surface area (Å²) in [4.78, 5) is 19.6. The van der Waals surface area contributed by atoms with Gasteiger partial charge in [0.15, 0.2) is 0 Å². The summed E-state index contributed by atoms with van der Waals surface area (Å²) in [5.41, 5.74) is 2.48. The minimum atomic E-state index is -0.865. The summed E-state index contributed by atoms with van der Waals surface area (Å²) in [6.07, 6.45) is 1.79. The van der Waals surface area contributed by atoms with Crippen LogP contribution in [0.25, 0.3) is 5.69 Å². The van der Waals surface area contributed by atoms with Crippen LogP contribution in [-0.2, 0) is 4.79 Å². The Bertz CT molecular complexity index is 1210. The van der Waals surface area contributed by atoms with E-state index in [1.807, 2.05) is 26.0 Å². The summed E-state index contributed by atoms with van der Waals surface area (Å²) in [5, 5.41) is 26.4. The van der Waals surface area contributed by atoms with Crippen molar-refractivity contribution in [3.63, 3.8) is 0 Å². The minimum Gasteiger partial charge on any atom is -0.481 e. The summed E-state index contributed by atoms with van der Waals surface area (Å²) in [7, 11) is 0. The molecular weight excluding hydrogens is 470 g/mol. The second-order valence-corrected chi connectivity index (χ2v) is 9.35. The van der Waals surface area contributed by atoms with Gasteiger partial charge in [0.05, 0.1) is 12.3 Å². The van der Waals surface area contributed by atoms with Crippen LogP contribution in [0, 0.1) is 18.6 Å². The standard InChI is InChI=1S/C25H30F2N6O3/c1-17-9-20(29-24-28-16-33(30-24)22-12-18(26)11-19(27)13-22)14-21(10-17)31-5-7-32(8-6-31)25(2,15-34)4-3-23(35)36/h9-14,16,34H,3-8,15H2,1-2H3,(H,29,30)(H,35,36). The molecule has 3 N–H and O–H groups in total. The molecular formula is C25H30F2N6O3. The number of aliphatic hydroxyl groups excluding tert-OH is 1. The first-order chi connectivity index (χ1) is 17.1. The lowest BCUT2D eigenvalue weighted by Crippen LogP contribution is -2.57. The van der Waals surface area contributed by atoms with Crippen molar-refractivity contribution < 1.29 is 23.8 Å². The molecule has 192 valence electrons. The van der Waals surface area contributed by atoms with Gasteiger partial charge in [0.1, 0.15) is 18.0 Å². The number of halogens is 2. The lowest BCUT2D eigenvalue weighted by atomic mass is 9.93. The summed E-state index contributed by atoms with van der Waals surface area (Å²) in [5.74, 6) is -1.96. The summed E-state index contributed by atoms with van der Waals surface area (Å²) >= 11 is 0. The third-order valence-electron chi connectivity index (χ3n) is 6.55. The molecule has 9 nitrogen and oxygen atoms in total. The number of aliphatic carboxylic acids is 1. The number of carboxylic acid groups (broad SMARTS) is 1. The quantitative estimate of drug-likeness (QED) is 0.411. The van der Waals surface area contributed by atoms with Gasteiger partial charge < -0.3 is 20.4 Å². The highest BCUT2D eigenvalue weighted by molar-refractivity contribution is 5.67. The normalized spacial score (nSPS) is 16.1. The van der Waals surface area contributed by atoms with Crippen molar-refractivity contribution in [2.45, 2.75) is 32.2 Å². The molecule has 0 saturated carbocycles. The molecule has 0 amide bonds. The van der Waals surface area contributed by atoms with Crippen molar-refractivity contribution in [3.8, 4) is 5.69 Å². The molecule has 0 spiro atoms. The first kappa shape index (κ1) is 25.5. The third-order valence-corrected chi connectivity index (χ3v) is 6.55. The van der Waals surface area contributed by atoms with Crippen molar-refractivity contribution in [3.05, 3.63) is 59.9 Å². The largest absolute Gasteiger partial charge is 0.481 e. The van der Waals surface area contributed by atoms with Crippen molar-refractivity contribution in [2.75, 3.05) is 43.0 Å². The Kier molecular flexibility index (Phi) is 7.51. The maximum Gasteiger partial charge on any atom is 0.303 e. The Hall–Kier alpha value is -3.57. The van der Waals surface area contributed by atoms with E-state index < -0.39 is 23.1 Å². The maximum atomic E-state index is 13.6. The molecule has 2 aromatic carbocycles. The molecule has 0 bridgehead atoms. The molecule has 1 aliphatic heterocycles. The zero-order chi connectivity index (χ0) is 25.9. The number of aromatic nitrogens is 3. The molecule has 1 unspecified atom stereocenters. The van der Waals surface area contributed by atoms with Gasteiger partial charge in [0.2, 0.25) is 5.95 Å². The molecule has 1 fully saturated rings. The highest BCUT2D eigenvalue weighted by atomic mass is 19.1. The van der Waals surface area contributed by atoms with Gasteiger partial charge in [-0.25, -0.2) is 13.5 Å². The van der Waals surface area contributed by atoms with E-state index in [0.29, 0.717) is 19.5 Å². The van der Waals surface area contributed by atoms with Crippen LogP contribution in [0.3, 0.4) is 0 Å². The van der Waals surface area contributed by atoms with Crippen molar-refractivity contribution in [1.82, 2.24) is 19.7 Å². The van der Waals surface area contributed by atoms with Gasteiger partial charge >= 0.3 is 5.97 Å². The van der Waals surface area contributed by atoms with Gasteiger partial charge in [-0.2, -0.15) is 4.98 Å². The first-order valence-electron chi connectivity index (χ1n) is 11.7. The van der Waals surface area contributed by atoms with Gasteiger partial charge in [-0.05, 0) is 56.2 Å². The first-order valence-corrected chi connectivity index (χ1v) is 11.7. The van der Waals surface area contributed by atoms with Crippen molar-refractivity contribution in [2.24, 2.45) is 0 Å². The topological polar surface area (TPSA) is 107 Å². The van der Waals surface area contributed by atoms with Gasteiger partial charge in [-0.3, -0.25) is 9.69 Å². The molecule has 1 atom stereocenters. The number of benzene rings is 2. The van der Waals surface area contributed by atoms with Crippen LogP contribution in [0.5, 0.6) is 0 Å². The lowest BCUT2D eigenvalue weighted by molar-refractivity contribution is -0.138. The van der Waals surface area contributed by atoms with E-state index in [2.05, 4.69) is 31.3 Å². The lowest BCUT2D eigenvalue weighted by Gasteiger charge is -2.45. The van der Waals surface area contributed by atoms with Crippen LogP contribution < -0.4 is 10.2 Å². The minimum absolute atomic E-state index is 0.0160. The Labute approximate surface area is 208 Å². The summed E-state index contributed by atoms with van der Waals surface area (Å²) < 4.78 is 28.4. The second kappa shape index (κ2) is 10.6. The molecule has 1 aliphatic rings. The summed E-state index contributed by atoms with van der Waals surface area (Å²) in [6, 6.07) is 9.18. The van der Waals surface area contributed by atoms with Crippen molar-refractivity contribution in [1.29, 1.82) is 0 Å². The number of piperazine rings is 1. The molecule has 1 saturated heterocycles. The Balaban J connectivity index is 1.44. The van der Waals surface area contributed by atoms with Gasteiger partial charge in [0, 0.05) is 55.6 Å². The maximum absolute atomic E-state index is 13.6. The fourth-order valence-electron chi connectivity index (χ4n) is 4.48. The monoisotopic (exact) mass is 500 g/mol. The number of aryl methyl sites for hydroxylation is 1. The van der Waals surface area contributed by atoms with E-state index in [0.717, 1.165) is 36.1 Å². The average molecular weight is 501 g/mol. The predicted molar refractivity (Wildman–Crippen MR) is 132 cm³/mol. The SMILES string of the molecule is Cc1cc(Nc2ncn(-c3cc(F)cc(F)c3)n2)cc(N2CCN(C(C)(CO)CCC(=O)O)CC2)c1. The molecule has 11 heteroatoms. The predicted octanol–water partition coefficient (Wildman–Crippen LogP) is 3.34. The van der Waals surface area contributed by atoms with E-state index in [1.165, 1.54) is 23.1 Å². The Morgan fingerprint density at radius 1 is 1.06 bits per heavy atom. The Morgan fingerprint density at radius 3 is 2.39 bits per heavy atom. The van der Waals surface area contributed by atoms with Crippen molar-refractivity contribution >= 4 is 23.3 Å².